The van der Waals surface area contributed by atoms with Gasteiger partial charge in [-0.3, -0.25) is 0 Å². The Morgan fingerprint density at radius 1 is 1.15 bits per heavy atom. The van der Waals surface area contributed by atoms with Gasteiger partial charge >= 0.3 is 0 Å². The van der Waals surface area contributed by atoms with Crippen LogP contribution in [0.3, 0.4) is 0 Å². The highest BCUT2D eigenvalue weighted by Gasteiger charge is 2.04. The highest BCUT2D eigenvalue weighted by molar-refractivity contribution is 6.32. The first-order valence-corrected chi connectivity index (χ1v) is 7.19. The van der Waals surface area contributed by atoms with E-state index >= 15 is 0 Å². The molecule has 0 aliphatic rings. The van der Waals surface area contributed by atoms with Gasteiger partial charge in [0.15, 0.2) is 0 Å². The van der Waals surface area contributed by atoms with Crippen molar-refractivity contribution in [3.63, 3.8) is 0 Å². The molecule has 0 saturated carbocycles. The Bertz CT molecular complexity index is 581. The fourth-order valence-electron chi connectivity index (χ4n) is 1.86. The second-order valence-electron chi connectivity index (χ2n) is 5.22. The minimum atomic E-state index is 0.464. The first-order chi connectivity index (χ1) is 9.54. The van der Waals surface area contributed by atoms with Gasteiger partial charge in [-0.2, -0.15) is 0 Å². The van der Waals surface area contributed by atoms with Crippen LogP contribution >= 0.6 is 11.6 Å². The van der Waals surface area contributed by atoms with E-state index in [9.17, 15) is 0 Å². The van der Waals surface area contributed by atoms with Gasteiger partial charge in [0.05, 0.1) is 5.02 Å². The van der Waals surface area contributed by atoms with E-state index in [2.05, 4.69) is 25.2 Å². The van der Waals surface area contributed by atoms with Crippen molar-refractivity contribution >= 4 is 11.6 Å². The summed E-state index contributed by atoms with van der Waals surface area (Å²) in [4.78, 5) is 0. The SMILES string of the molecule is Cc1ccc(Oc2cccc(CNC(C)C)c2)c(Cl)c1. The molecule has 1 N–H and O–H groups in total. The van der Waals surface area contributed by atoms with Crippen molar-refractivity contribution in [1.82, 2.24) is 5.32 Å². The molecular formula is C17H20ClNO. The molecule has 0 bridgehead atoms. The van der Waals surface area contributed by atoms with E-state index in [1.165, 1.54) is 5.56 Å². The maximum absolute atomic E-state index is 6.18. The Morgan fingerprint density at radius 3 is 2.65 bits per heavy atom. The van der Waals surface area contributed by atoms with Gasteiger partial charge in [-0.1, -0.05) is 43.6 Å². The van der Waals surface area contributed by atoms with Crippen LogP contribution in [-0.4, -0.2) is 6.04 Å². The smallest absolute Gasteiger partial charge is 0.146 e. The summed E-state index contributed by atoms with van der Waals surface area (Å²) in [6.45, 7) is 7.10. The molecule has 2 nitrogen and oxygen atoms in total. The Morgan fingerprint density at radius 2 is 1.95 bits per heavy atom. The average molecular weight is 290 g/mol. The number of hydrogen-bond donors (Lipinski definition) is 1. The molecule has 2 rings (SSSR count). The van der Waals surface area contributed by atoms with Gasteiger partial charge < -0.3 is 10.1 Å². The zero-order valence-electron chi connectivity index (χ0n) is 12.1. The second-order valence-corrected chi connectivity index (χ2v) is 5.63. The van der Waals surface area contributed by atoms with Crippen LogP contribution < -0.4 is 10.1 Å². The van der Waals surface area contributed by atoms with Gasteiger partial charge in [-0.05, 0) is 42.3 Å². The summed E-state index contributed by atoms with van der Waals surface area (Å²) in [7, 11) is 0. The van der Waals surface area contributed by atoms with E-state index in [-0.39, 0.29) is 0 Å². The summed E-state index contributed by atoms with van der Waals surface area (Å²) in [5, 5.41) is 4.02. The maximum Gasteiger partial charge on any atom is 0.146 e. The lowest BCUT2D eigenvalue weighted by Crippen LogP contribution is -2.21. The monoisotopic (exact) mass is 289 g/mol. The standard InChI is InChI=1S/C17H20ClNO/c1-12(2)19-11-14-5-4-6-15(10-14)20-17-8-7-13(3)9-16(17)18/h4-10,12,19H,11H2,1-3H3. The molecule has 0 aromatic heterocycles. The van der Waals surface area contributed by atoms with Crippen molar-refractivity contribution in [2.45, 2.75) is 33.4 Å². The molecule has 0 heterocycles. The molecule has 0 radical (unpaired) electrons. The van der Waals surface area contributed by atoms with E-state index in [0.717, 1.165) is 17.9 Å². The van der Waals surface area contributed by atoms with E-state index in [4.69, 9.17) is 16.3 Å². The fourth-order valence-corrected chi connectivity index (χ4v) is 2.13. The highest BCUT2D eigenvalue weighted by atomic mass is 35.5. The van der Waals surface area contributed by atoms with Crippen LogP contribution in [0, 0.1) is 6.92 Å². The van der Waals surface area contributed by atoms with Crippen LogP contribution in [0.5, 0.6) is 11.5 Å². The van der Waals surface area contributed by atoms with Crippen molar-refractivity contribution < 1.29 is 4.74 Å². The molecule has 0 aliphatic heterocycles. The van der Waals surface area contributed by atoms with Crippen LogP contribution in [0.25, 0.3) is 0 Å². The number of ether oxygens (including phenoxy) is 1. The Kier molecular flexibility index (Phi) is 5.05. The number of aryl methyl sites for hydroxylation is 1. The number of rotatable bonds is 5. The number of hydrogen-bond acceptors (Lipinski definition) is 2. The van der Waals surface area contributed by atoms with Crippen molar-refractivity contribution in [1.29, 1.82) is 0 Å². The van der Waals surface area contributed by atoms with Crippen LogP contribution in [0.2, 0.25) is 5.02 Å². The molecule has 0 spiro atoms. The maximum atomic E-state index is 6.18. The third-order valence-corrected chi connectivity index (χ3v) is 3.22. The largest absolute Gasteiger partial charge is 0.456 e. The quantitative estimate of drug-likeness (QED) is 0.842. The molecule has 0 atom stereocenters. The van der Waals surface area contributed by atoms with Crippen LogP contribution in [0.15, 0.2) is 42.5 Å². The molecule has 0 aliphatic carbocycles. The molecule has 0 saturated heterocycles. The third-order valence-electron chi connectivity index (χ3n) is 2.93. The van der Waals surface area contributed by atoms with Crippen molar-refractivity contribution in [2.24, 2.45) is 0 Å². The zero-order chi connectivity index (χ0) is 14.5. The molecule has 106 valence electrons. The molecule has 20 heavy (non-hydrogen) atoms. The molecule has 3 heteroatoms. The van der Waals surface area contributed by atoms with Gasteiger partial charge in [-0.25, -0.2) is 0 Å². The van der Waals surface area contributed by atoms with Crippen molar-refractivity contribution in [3.05, 3.63) is 58.6 Å². The second kappa shape index (κ2) is 6.78. The minimum Gasteiger partial charge on any atom is -0.456 e. The van der Waals surface area contributed by atoms with E-state index in [0.29, 0.717) is 16.8 Å². The molecule has 0 fully saturated rings. The Balaban J connectivity index is 2.11. The van der Waals surface area contributed by atoms with Gasteiger partial charge in [0, 0.05) is 12.6 Å². The molecule has 2 aromatic carbocycles. The van der Waals surface area contributed by atoms with Gasteiger partial charge in [-0.15, -0.1) is 0 Å². The van der Waals surface area contributed by atoms with E-state index in [1.807, 2.05) is 43.3 Å². The molecule has 0 unspecified atom stereocenters. The normalized spacial score (nSPS) is 10.8. The predicted molar refractivity (Wildman–Crippen MR) is 84.7 cm³/mol. The van der Waals surface area contributed by atoms with Gasteiger partial charge in [0.25, 0.3) is 0 Å². The lowest BCUT2D eigenvalue weighted by Gasteiger charge is -2.11. The molecular weight excluding hydrogens is 270 g/mol. The summed E-state index contributed by atoms with van der Waals surface area (Å²) < 4.78 is 5.85. The summed E-state index contributed by atoms with van der Waals surface area (Å²) in [5.41, 5.74) is 2.32. The number of halogens is 1. The zero-order valence-corrected chi connectivity index (χ0v) is 12.9. The summed E-state index contributed by atoms with van der Waals surface area (Å²) in [5.74, 6) is 1.49. The summed E-state index contributed by atoms with van der Waals surface area (Å²) in [6.07, 6.45) is 0. The molecule has 0 amide bonds. The molecule has 2 aromatic rings. The summed E-state index contributed by atoms with van der Waals surface area (Å²) >= 11 is 6.18. The lowest BCUT2D eigenvalue weighted by atomic mass is 10.2. The number of benzene rings is 2. The first-order valence-electron chi connectivity index (χ1n) is 6.81. The van der Waals surface area contributed by atoms with Crippen molar-refractivity contribution in [2.75, 3.05) is 0 Å². The minimum absolute atomic E-state index is 0.464. The van der Waals surface area contributed by atoms with Crippen LogP contribution in [0.1, 0.15) is 25.0 Å². The third kappa shape index (κ3) is 4.26. The highest BCUT2D eigenvalue weighted by Crippen LogP contribution is 2.30. The summed E-state index contributed by atoms with van der Waals surface area (Å²) in [6, 6.07) is 14.3. The predicted octanol–water partition coefficient (Wildman–Crippen LogP) is 4.94. The Hall–Kier alpha value is -1.51. The van der Waals surface area contributed by atoms with Gasteiger partial charge in [0.2, 0.25) is 0 Å². The van der Waals surface area contributed by atoms with E-state index in [1.54, 1.807) is 0 Å². The van der Waals surface area contributed by atoms with E-state index < -0.39 is 0 Å². The Labute approximate surface area is 125 Å². The van der Waals surface area contributed by atoms with Crippen LogP contribution in [-0.2, 0) is 6.54 Å². The fraction of sp³-hybridized carbons (Fsp3) is 0.294. The average Bonchev–Trinajstić information content (AvgIpc) is 2.40. The first kappa shape index (κ1) is 14.9. The van der Waals surface area contributed by atoms with Gasteiger partial charge in [0.1, 0.15) is 11.5 Å². The number of nitrogens with one attached hydrogen (secondary N) is 1. The lowest BCUT2D eigenvalue weighted by molar-refractivity contribution is 0.481. The van der Waals surface area contributed by atoms with Crippen LogP contribution in [0.4, 0.5) is 0 Å². The topological polar surface area (TPSA) is 21.3 Å². The van der Waals surface area contributed by atoms with Crippen molar-refractivity contribution in [3.8, 4) is 11.5 Å².